The molecule has 1 fully saturated rings. The number of rotatable bonds is 9. The molecule has 1 aromatic carbocycles. The molecule has 0 aliphatic carbocycles. The molecule has 4 heterocycles. The van der Waals surface area contributed by atoms with E-state index in [0.29, 0.717) is 4.90 Å². The van der Waals surface area contributed by atoms with Crippen molar-refractivity contribution in [2.75, 3.05) is 18.6 Å². The van der Waals surface area contributed by atoms with Crippen molar-refractivity contribution in [1.82, 2.24) is 24.5 Å². The SMILES string of the molecule is COC(=O)C(Cc1ccc(C)cc1)(OC[C@H]1O[C@@H](n2cnc3c(N(C(=O)OC(C)(C)C)C(=O)OC(C)(C)C)ncnc32)[C@@H](F)[C@@H]1O)c1cscn1. The summed E-state index contributed by atoms with van der Waals surface area (Å²) in [5.74, 6) is -1.02. The molecule has 5 atom stereocenters. The third-order valence-electron chi connectivity index (χ3n) is 7.70. The van der Waals surface area contributed by atoms with Gasteiger partial charge in [-0.05, 0) is 54.0 Å². The fraction of sp³-hybridized carbons (Fsp3) is 0.500. The number of benzene rings is 1. The summed E-state index contributed by atoms with van der Waals surface area (Å²) in [6.45, 7) is 11.3. The number of hydrogen-bond donors (Lipinski definition) is 1. The zero-order chi connectivity index (χ0) is 37.3. The monoisotopic (exact) mass is 728 g/mol. The maximum atomic E-state index is 15.9. The number of carbonyl (C=O) groups excluding carboxylic acids is 3. The van der Waals surface area contributed by atoms with Crippen LogP contribution >= 0.6 is 11.3 Å². The van der Waals surface area contributed by atoms with E-state index in [9.17, 15) is 19.5 Å². The number of imide groups is 1. The highest BCUT2D eigenvalue weighted by molar-refractivity contribution is 7.07. The average molecular weight is 729 g/mol. The van der Waals surface area contributed by atoms with Crippen LogP contribution in [0.5, 0.6) is 0 Å². The number of methoxy groups -OCH3 is 1. The van der Waals surface area contributed by atoms with E-state index in [0.717, 1.165) is 17.5 Å². The van der Waals surface area contributed by atoms with Crippen LogP contribution in [0.1, 0.15) is 64.6 Å². The number of anilines is 1. The van der Waals surface area contributed by atoms with Crippen LogP contribution in [0.2, 0.25) is 0 Å². The predicted molar refractivity (Wildman–Crippen MR) is 182 cm³/mol. The van der Waals surface area contributed by atoms with E-state index < -0.39 is 66.2 Å². The molecule has 1 aliphatic rings. The van der Waals surface area contributed by atoms with Crippen LogP contribution in [0.4, 0.5) is 19.8 Å². The molecule has 0 radical (unpaired) electrons. The van der Waals surface area contributed by atoms with E-state index in [1.165, 1.54) is 29.3 Å². The van der Waals surface area contributed by atoms with Crippen molar-refractivity contribution in [2.45, 2.75) is 96.3 Å². The largest absolute Gasteiger partial charge is 0.467 e. The Bertz CT molecular complexity index is 1830. The lowest BCUT2D eigenvalue weighted by molar-refractivity contribution is -0.180. The molecule has 15 nitrogen and oxygen atoms in total. The molecule has 1 saturated heterocycles. The Labute approximate surface area is 297 Å². The van der Waals surface area contributed by atoms with Crippen LogP contribution in [0.25, 0.3) is 11.2 Å². The second kappa shape index (κ2) is 14.6. The number of aliphatic hydroxyl groups excluding tert-OH is 1. The van der Waals surface area contributed by atoms with Crippen molar-refractivity contribution in [1.29, 1.82) is 0 Å². The lowest BCUT2D eigenvalue weighted by Gasteiger charge is -2.31. The van der Waals surface area contributed by atoms with Crippen LogP contribution in [-0.4, -0.2) is 91.1 Å². The minimum Gasteiger partial charge on any atom is -0.467 e. The maximum Gasteiger partial charge on any atom is 0.425 e. The Morgan fingerprint density at radius 1 is 1.00 bits per heavy atom. The van der Waals surface area contributed by atoms with Gasteiger partial charge in [-0.3, -0.25) is 4.57 Å². The van der Waals surface area contributed by atoms with Crippen molar-refractivity contribution < 1.29 is 47.6 Å². The van der Waals surface area contributed by atoms with Gasteiger partial charge in [0.15, 0.2) is 29.4 Å². The second-order valence-electron chi connectivity index (χ2n) is 14.0. The standard InChI is InChI=1S/C34H41FN6O9S/c1-19-9-11-20(12-10-19)13-34(29(43)46-8,22-15-51-18-39-22)47-14-21-25(42)23(35)28(48-21)40-17-38-24-26(40)36-16-37-27(24)41(30(44)49-32(2,3)4)31(45)50-33(5,6)7/h9-12,15-18,21,23,25,28,42H,13-14H2,1-8H3/t21-,23+,25-,28-,34?/m1/s1. The van der Waals surface area contributed by atoms with Crippen LogP contribution < -0.4 is 4.90 Å². The Morgan fingerprint density at radius 2 is 1.65 bits per heavy atom. The lowest BCUT2D eigenvalue weighted by Crippen LogP contribution is -2.45. The summed E-state index contributed by atoms with van der Waals surface area (Å²) in [6.07, 6.45) is -6.38. The first-order chi connectivity index (χ1) is 23.9. The summed E-state index contributed by atoms with van der Waals surface area (Å²) >= 11 is 1.25. The van der Waals surface area contributed by atoms with Gasteiger partial charge < -0.3 is 28.8 Å². The van der Waals surface area contributed by atoms with E-state index in [4.69, 9.17) is 23.7 Å². The molecule has 5 rings (SSSR count). The number of hydrogen-bond acceptors (Lipinski definition) is 14. The number of aryl methyl sites for hydroxylation is 1. The number of fused-ring (bicyclic) bond motifs is 1. The van der Waals surface area contributed by atoms with E-state index in [1.54, 1.807) is 52.4 Å². The number of nitrogens with zero attached hydrogens (tertiary/aromatic N) is 6. The van der Waals surface area contributed by atoms with Crippen molar-refractivity contribution in [3.05, 3.63) is 64.6 Å². The van der Waals surface area contributed by atoms with Gasteiger partial charge >= 0.3 is 18.2 Å². The molecule has 2 amide bonds. The lowest BCUT2D eigenvalue weighted by atomic mass is 9.90. The Balaban J connectivity index is 1.45. The molecule has 0 spiro atoms. The summed E-state index contributed by atoms with van der Waals surface area (Å²) in [7, 11) is 1.23. The van der Waals surface area contributed by atoms with Crippen LogP contribution in [0.3, 0.4) is 0 Å². The Hall–Kier alpha value is -4.58. The third kappa shape index (κ3) is 8.16. The molecule has 3 aromatic heterocycles. The Kier molecular flexibility index (Phi) is 10.8. The number of carbonyl (C=O) groups is 3. The number of amides is 2. The van der Waals surface area contributed by atoms with Crippen LogP contribution in [0, 0.1) is 6.92 Å². The minimum atomic E-state index is -2.02. The fourth-order valence-corrected chi connectivity index (χ4v) is 5.98. The first-order valence-electron chi connectivity index (χ1n) is 16.0. The zero-order valence-electron chi connectivity index (χ0n) is 29.5. The van der Waals surface area contributed by atoms with Crippen LogP contribution in [-0.2, 0) is 40.5 Å². The quantitative estimate of drug-likeness (QED) is 0.176. The number of thiazole rings is 1. The third-order valence-corrected chi connectivity index (χ3v) is 8.29. The number of aliphatic hydroxyl groups is 1. The molecule has 4 aromatic rings. The van der Waals surface area contributed by atoms with Crippen molar-refractivity contribution in [3.63, 3.8) is 0 Å². The highest BCUT2D eigenvalue weighted by atomic mass is 32.1. The van der Waals surface area contributed by atoms with Gasteiger partial charge in [-0.1, -0.05) is 29.8 Å². The topological polar surface area (TPSA) is 177 Å². The molecule has 1 aliphatic heterocycles. The summed E-state index contributed by atoms with van der Waals surface area (Å²) in [4.78, 5) is 57.6. The van der Waals surface area contributed by atoms with E-state index >= 15 is 4.39 Å². The second-order valence-corrected chi connectivity index (χ2v) is 14.7. The summed E-state index contributed by atoms with van der Waals surface area (Å²) < 4.78 is 45.5. The van der Waals surface area contributed by atoms with Crippen molar-refractivity contribution in [2.24, 2.45) is 0 Å². The van der Waals surface area contributed by atoms with Gasteiger partial charge in [0.2, 0.25) is 5.60 Å². The van der Waals surface area contributed by atoms with Crippen LogP contribution in [0.15, 0.2) is 47.8 Å². The van der Waals surface area contributed by atoms with Gasteiger partial charge in [0.1, 0.15) is 29.7 Å². The average Bonchev–Trinajstić information content (AvgIpc) is 3.79. The molecule has 0 saturated carbocycles. The Morgan fingerprint density at radius 3 is 2.22 bits per heavy atom. The minimum absolute atomic E-state index is 0.0238. The fourth-order valence-electron chi connectivity index (χ4n) is 5.36. The number of alkyl halides is 1. The normalized spacial score (nSPS) is 20.5. The molecule has 1 unspecified atom stereocenters. The van der Waals surface area contributed by atoms with Crippen molar-refractivity contribution in [3.8, 4) is 0 Å². The highest BCUT2D eigenvalue weighted by Crippen LogP contribution is 2.38. The highest BCUT2D eigenvalue weighted by Gasteiger charge is 2.50. The molecule has 17 heteroatoms. The molecular formula is C34H41FN6O9S. The van der Waals surface area contributed by atoms with Gasteiger partial charge in [0.25, 0.3) is 0 Å². The zero-order valence-corrected chi connectivity index (χ0v) is 30.3. The molecular weight excluding hydrogens is 687 g/mol. The molecule has 0 bridgehead atoms. The summed E-state index contributed by atoms with van der Waals surface area (Å²) in [5.41, 5.74) is -0.215. The smallest absolute Gasteiger partial charge is 0.425 e. The van der Waals surface area contributed by atoms with Gasteiger partial charge in [-0.2, -0.15) is 4.90 Å². The first-order valence-corrected chi connectivity index (χ1v) is 17.0. The number of esters is 1. The maximum absolute atomic E-state index is 15.9. The van der Waals surface area contributed by atoms with Gasteiger partial charge in [-0.15, -0.1) is 11.3 Å². The van der Waals surface area contributed by atoms with Gasteiger partial charge in [-0.25, -0.2) is 38.7 Å². The summed E-state index contributed by atoms with van der Waals surface area (Å²) in [6, 6.07) is 7.49. The first kappa shape index (κ1) is 37.7. The van der Waals surface area contributed by atoms with Crippen molar-refractivity contribution >= 4 is 46.5 Å². The van der Waals surface area contributed by atoms with E-state index in [1.807, 2.05) is 31.2 Å². The van der Waals surface area contributed by atoms with Gasteiger partial charge in [0.05, 0.1) is 31.2 Å². The molecule has 274 valence electrons. The summed E-state index contributed by atoms with van der Waals surface area (Å²) in [5, 5.41) is 12.7. The van der Waals surface area contributed by atoms with E-state index in [2.05, 4.69) is 19.9 Å². The van der Waals surface area contributed by atoms with Gasteiger partial charge in [0, 0.05) is 11.8 Å². The number of halogens is 1. The number of aromatic nitrogens is 5. The number of imidazole rings is 1. The number of ether oxygens (including phenoxy) is 5. The predicted octanol–water partition coefficient (Wildman–Crippen LogP) is 5.19. The molecule has 1 N–H and O–H groups in total. The van der Waals surface area contributed by atoms with E-state index in [-0.39, 0.29) is 29.1 Å². The molecule has 51 heavy (non-hydrogen) atoms.